The summed E-state index contributed by atoms with van der Waals surface area (Å²) in [5.74, 6) is 1.61. The molecule has 2 N–H and O–H groups in total. The number of phenols is 1. The van der Waals surface area contributed by atoms with Crippen molar-refractivity contribution in [3.63, 3.8) is 0 Å². The molecule has 1 saturated carbocycles. The number of aromatic hydroxyl groups is 1. The first-order valence-corrected chi connectivity index (χ1v) is 12.2. The summed E-state index contributed by atoms with van der Waals surface area (Å²) in [6, 6.07) is 8.39. The van der Waals surface area contributed by atoms with Crippen LogP contribution in [0.4, 0.5) is 0 Å². The number of rotatable bonds is 7. The second-order valence-electron chi connectivity index (χ2n) is 9.41. The predicted octanol–water partition coefficient (Wildman–Crippen LogP) is 4.33. The molecule has 3 atom stereocenters. The van der Waals surface area contributed by atoms with E-state index in [0.717, 1.165) is 36.8 Å². The number of hydrogen-bond donors (Lipinski definition) is 2. The fraction of sp³-hybridized carbons (Fsp3) is 0.464. The Bertz CT molecular complexity index is 1110. The molecule has 1 amide bonds. The Morgan fingerprint density at radius 1 is 0.972 bits per heavy atom. The second kappa shape index (κ2) is 10.7. The molecule has 2 aromatic rings. The minimum Gasteiger partial charge on any atom is -0.504 e. The van der Waals surface area contributed by atoms with Crippen molar-refractivity contribution in [1.29, 1.82) is 0 Å². The summed E-state index contributed by atoms with van der Waals surface area (Å²) in [4.78, 5) is 15.4. The minimum absolute atomic E-state index is 0.0381. The minimum atomic E-state index is -0.814. The van der Waals surface area contributed by atoms with Crippen LogP contribution >= 0.6 is 0 Å². The largest absolute Gasteiger partial charge is 0.504 e. The zero-order valence-electron chi connectivity index (χ0n) is 21.3. The first-order valence-electron chi connectivity index (χ1n) is 12.2. The molecule has 0 radical (unpaired) electrons. The van der Waals surface area contributed by atoms with Crippen molar-refractivity contribution < 1.29 is 34.0 Å². The molecule has 1 heterocycles. The number of nitrogens with zero attached hydrogens (tertiary/aromatic N) is 1. The Kier molecular flexibility index (Phi) is 7.64. The van der Waals surface area contributed by atoms with Gasteiger partial charge in [-0.05, 0) is 60.7 Å². The van der Waals surface area contributed by atoms with Gasteiger partial charge in [-0.25, -0.2) is 0 Å². The smallest absolute Gasteiger partial charge is 0.247 e. The molecular formula is C28H35NO7. The first-order chi connectivity index (χ1) is 17.3. The Balaban J connectivity index is 1.68. The standard InChI is InChI=1S/C28H35NO7/c1-33-22-17-19(9-10-21(22)30)26-20-7-5-6-12-28(20,32)13-14-29(26)25(31)11-8-18-15-23(34-2)27(36-4)24(16-18)35-3/h8-11,15-17,20,26,30,32H,5-7,12-14H2,1-4H3. The molecule has 3 unspecified atom stereocenters. The summed E-state index contributed by atoms with van der Waals surface area (Å²) >= 11 is 0. The van der Waals surface area contributed by atoms with Gasteiger partial charge in [-0.15, -0.1) is 0 Å². The highest BCUT2D eigenvalue weighted by molar-refractivity contribution is 5.92. The highest BCUT2D eigenvalue weighted by Crippen LogP contribution is 2.50. The third-order valence-corrected chi connectivity index (χ3v) is 7.50. The van der Waals surface area contributed by atoms with Gasteiger partial charge in [0.1, 0.15) is 0 Å². The van der Waals surface area contributed by atoms with E-state index in [4.69, 9.17) is 18.9 Å². The van der Waals surface area contributed by atoms with Crippen LogP contribution in [0.1, 0.15) is 49.3 Å². The lowest BCUT2D eigenvalue weighted by molar-refractivity contribution is -0.150. The Morgan fingerprint density at radius 2 is 1.67 bits per heavy atom. The monoisotopic (exact) mass is 497 g/mol. The maximum atomic E-state index is 13.6. The molecule has 8 nitrogen and oxygen atoms in total. The fourth-order valence-corrected chi connectivity index (χ4v) is 5.68. The molecule has 0 bridgehead atoms. The second-order valence-corrected chi connectivity index (χ2v) is 9.41. The van der Waals surface area contributed by atoms with Crippen molar-refractivity contribution >= 4 is 12.0 Å². The maximum Gasteiger partial charge on any atom is 0.247 e. The summed E-state index contributed by atoms with van der Waals surface area (Å²) in [6.45, 7) is 0.430. The average Bonchev–Trinajstić information content (AvgIpc) is 2.90. The molecule has 1 aliphatic carbocycles. The first kappa shape index (κ1) is 25.7. The van der Waals surface area contributed by atoms with Crippen LogP contribution in [0.5, 0.6) is 28.7 Å². The van der Waals surface area contributed by atoms with Gasteiger partial charge >= 0.3 is 0 Å². The van der Waals surface area contributed by atoms with Crippen LogP contribution in [0.2, 0.25) is 0 Å². The summed E-state index contributed by atoms with van der Waals surface area (Å²) in [7, 11) is 6.14. The topological polar surface area (TPSA) is 97.7 Å². The van der Waals surface area contributed by atoms with Gasteiger partial charge in [-0.3, -0.25) is 4.79 Å². The van der Waals surface area contributed by atoms with Gasteiger partial charge in [-0.2, -0.15) is 0 Å². The summed E-state index contributed by atoms with van der Waals surface area (Å²) < 4.78 is 21.6. The number of amides is 1. The van der Waals surface area contributed by atoms with E-state index in [9.17, 15) is 15.0 Å². The molecule has 4 rings (SSSR count). The number of fused-ring (bicyclic) bond motifs is 1. The Labute approximate surface area is 212 Å². The molecule has 0 aromatic heterocycles. The quantitative estimate of drug-likeness (QED) is 0.550. The molecule has 2 aromatic carbocycles. The van der Waals surface area contributed by atoms with Crippen molar-refractivity contribution in [2.45, 2.75) is 43.7 Å². The van der Waals surface area contributed by atoms with Crippen LogP contribution in [0.3, 0.4) is 0 Å². The number of aliphatic hydroxyl groups is 1. The van der Waals surface area contributed by atoms with Crippen molar-refractivity contribution in [3.05, 3.63) is 47.5 Å². The SMILES string of the molecule is COc1cc(C2C3CCCCC3(O)CCN2C(=O)C=Cc2cc(OC)c(OC)c(OC)c2)ccc1O. The van der Waals surface area contributed by atoms with Crippen molar-refractivity contribution in [2.75, 3.05) is 35.0 Å². The molecule has 2 fully saturated rings. The number of carbonyl (C=O) groups excluding carboxylic acids is 1. The molecule has 1 aliphatic heterocycles. The highest BCUT2D eigenvalue weighted by atomic mass is 16.5. The normalized spacial score (nSPS) is 23.8. The van der Waals surface area contributed by atoms with E-state index < -0.39 is 5.60 Å². The third kappa shape index (κ3) is 4.82. The van der Waals surface area contributed by atoms with Gasteiger partial charge in [0.2, 0.25) is 11.7 Å². The molecule has 8 heteroatoms. The van der Waals surface area contributed by atoms with Crippen molar-refractivity contribution in [2.24, 2.45) is 5.92 Å². The van der Waals surface area contributed by atoms with Crippen LogP contribution in [0.15, 0.2) is 36.4 Å². The Hall–Kier alpha value is -3.39. The number of methoxy groups -OCH3 is 4. The zero-order valence-corrected chi connectivity index (χ0v) is 21.3. The molecule has 2 aliphatic rings. The predicted molar refractivity (Wildman–Crippen MR) is 136 cm³/mol. The van der Waals surface area contributed by atoms with Gasteiger partial charge < -0.3 is 34.1 Å². The molecule has 194 valence electrons. The maximum absolute atomic E-state index is 13.6. The number of carbonyl (C=O) groups is 1. The van der Waals surface area contributed by atoms with Gasteiger partial charge in [0.05, 0.1) is 40.1 Å². The number of piperidine rings is 1. The summed E-state index contributed by atoms with van der Waals surface area (Å²) in [5.41, 5.74) is 0.752. The average molecular weight is 498 g/mol. The fourth-order valence-electron chi connectivity index (χ4n) is 5.68. The number of likely N-dealkylation sites (tertiary alicyclic amines) is 1. The van der Waals surface area contributed by atoms with Gasteiger partial charge in [0.15, 0.2) is 23.0 Å². The summed E-state index contributed by atoms with van der Waals surface area (Å²) in [5, 5.41) is 21.6. The van der Waals surface area contributed by atoms with E-state index in [-0.39, 0.29) is 23.6 Å². The van der Waals surface area contributed by atoms with Crippen LogP contribution in [-0.4, -0.2) is 61.6 Å². The lowest BCUT2D eigenvalue weighted by Gasteiger charge is -2.52. The lowest BCUT2D eigenvalue weighted by Crippen LogP contribution is -2.56. The third-order valence-electron chi connectivity index (χ3n) is 7.50. The zero-order chi connectivity index (χ0) is 25.9. The van der Waals surface area contributed by atoms with Crippen LogP contribution in [0, 0.1) is 5.92 Å². The number of phenolic OH excluding ortho intramolecular Hbond substituents is 1. The van der Waals surface area contributed by atoms with E-state index in [2.05, 4.69) is 0 Å². The summed E-state index contributed by atoms with van der Waals surface area (Å²) in [6.07, 6.45) is 7.33. The van der Waals surface area contributed by atoms with E-state index in [1.54, 1.807) is 57.7 Å². The van der Waals surface area contributed by atoms with Crippen molar-refractivity contribution in [1.82, 2.24) is 4.90 Å². The van der Waals surface area contributed by atoms with Gasteiger partial charge in [0, 0.05) is 18.5 Å². The van der Waals surface area contributed by atoms with Crippen LogP contribution in [0.25, 0.3) is 6.08 Å². The highest BCUT2D eigenvalue weighted by Gasteiger charge is 2.50. The van der Waals surface area contributed by atoms with Gasteiger partial charge in [-0.1, -0.05) is 18.9 Å². The Morgan fingerprint density at radius 3 is 2.31 bits per heavy atom. The molecule has 36 heavy (non-hydrogen) atoms. The van der Waals surface area contributed by atoms with E-state index in [1.165, 1.54) is 7.11 Å². The van der Waals surface area contributed by atoms with E-state index >= 15 is 0 Å². The van der Waals surface area contributed by atoms with E-state index in [1.807, 2.05) is 11.0 Å². The number of hydrogen-bond acceptors (Lipinski definition) is 7. The number of ether oxygens (including phenoxy) is 4. The van der Waals surface area contributed by atoms with E-state index in [0.29, 0.717) is 36.0 Å². The van der Waals surface area contributed by atoms with Crippen LogP contribution in [-0.2, 0) is 4.79 Å². The molecule has 1 saturated heterocycles. The molecule has 0 spiro atoms. The van der Waals surface area contributed by atoms with Crippen LogP contribution < -0.4 is 18.9 Å². The number of benzene rings is 2. The van der Waals surface area contributed by atoms with Crippen molar-refractivity contribution in [3.8, 4) is 28.7 Å². The van der Waals surface area contributed by atoms with Gasteiger partial charge in [0.25, 0.3) is 0 Å². The lowest BCUT2D eigenvalue weighted by atomic mass is 9.66. The molecular weight excluding hydrogens is 462 g/mol.